The van der Waals surface area contributed by atoms with E-state index in [1.54, 1.807) is 6.07 Å². The van der Waals surface area contributed by atoms with Crippen molar-refractivity contribution in [3.05, 3.63) is 69.9 Å². The summed E-state index contributed by atoms with van der Waals surface area (Å²) in [5, 5.41) is 9.63. The molecule has 2 heterocycles. The maximum atomic E-state index is 11.0. The van der Waals surface area contributed by atoms with Crippen molar-refractivity contribution >= 4 is 40.6 Å². The van der Waals surface area contributed by atoms with E-state index in [0.717, 1.165) is 52.6 Å². The Balaban J connectivity index is 1.66. The molecule has 4 nitrogen and oxygen atoms in total. The van der Waals surface area contributed by atoms with Gasteiger partial charge in [0.25, 0.3) is 0 Å². The fourth-order valence-electron chi connectivity index (χ4n) is 3.76. The first-order valence-corrected chi connectivity index (χ1v) is 11.4. The van der Waals surface area contributed by atoms with Crippen molar-refractivity contribution in [1.82, 2.24) is 0 Å². The summed E-state index contributed by atoms with van der Waals surface area (Å²) in [6.45, 7) is 3.16. The van der Waals surface area contributed by atoms with Crippen LogP contribution in [0.2, 0.25) is 0 Å². The number of nitrogens with zero attached hydrogens (tertiary/aromatic N) is 2. The molecule has 0 saturated carbocycles. The minimum Gasteiger partial charge on any atom is -0.453 e. The van der Waals surface area contributed by atoms with Gasteiger partial charge in [-0.15, -0.1) is 11.3 Å². The first-order chi connectivity index (χ1) is 15.2. The lowest BCUT2D eigenvalue weighted by Crippen LogP contribution is -2.22. The van der Waals surface area contributed by atoms with Crippen LogP contribution in [0.1, 0.15) is 52.7 Å². The molecule has 5 heteroatoms. The Morgan fingerprint density at radius 3 is 2.68 bits per heavy atom. The number of aldehydes is 1. The van der Waals surface area contributed by atoms with Crippen LogP contribution < -0.4 is 9.64 Å². The van der Waals surface area contributed by atoms with Crippen LogP contribution in [-0.4, -0.2) is 12.8 Å². The Bertz CT molecular complexity index is 1160. The van der Waals surface area contributed by atoms with Gasteiger partial charge in [0.1, 0.15) is 6.07 Å². The zero-order valence-electron chi connectivity index (χ0n) is 17.5. The molecule has 0 radical (unpaired) electrons. The third-order valence-electron chi connectivity index (χ3n) is 5.33. The normalized spacial score (nSPS) is 12.5. The van der Waals surface area contributed by atoms with Crippen LogP contribution >= 0.6 is 11.3 Å². The summed E-state index contributed by atoms with van der Waals surface area (Å²) < 4.78 is 6.22. The van der Waals surface area contributed by atoms with Gasteiger partial charge in [0.15, 0.2) is 17.8 Å². The van der Waals surface area contributed by atoms with Crippen molar-refractivity contribution in [2.24, 2.45) is 0 Å². The first-order valence-electron chi connectivity index (χ1n) is 10.6. The van der Waals surface area contributed by atoms with E-state index < -0.39 is 0 Å². The van der Waals surface area contributed by atoms with E-state index in [0.29, 0.717) is 10.5 Å². The Morgan fingerprint density at radius 1 is 1.06 bits per heavy atom. The highest BCUT2D eigenvalue weighted by molar-refractivity contribution is 7.14. The van der Waals surface area contributed by atoms with E-state index >= 15 is 0 Å². The van der Waals surface area contributed by atoms with Gasteiger partial charge in [0, 0.05) is 11.4 Å². The minimum atomic E-state index is 0.533. The Labute approximate surface area is 187 Å². The van der Waals surface area contributed by atoms with Gasteiger partial charge in [-0.25, -0.2) is 0 Å². The van der Waals surface area contributed by atoms with Gasteiger partial charge >= 0.3 is 0 Å². The maximum Gasteiger partial charge on any atom is 0.160 e. The van der Waals surface area contributed by atoms with E-state index in [2.05, 4.69) is 30.0 Å². The number of nitriles is 1. The van der Waals surface area contributed by atoms with Crippen LogP contribution in [0, 0.1) is 11.3 Å². The molecule has 0 amide bonds. The highest BCUT2D eigenvalue weighted by Crippen LogP contribution is 2.47. The molecule has 0 N–H and O–H groups in total. The number of allylic oxidation sites excluding steroid dienone is 1. The molecule has 0 aliphatic carbocycles. The van der Waals surface area contributed by atoms with Crippen molar-refractivity contribution in [1.29, 1.82) is 5.26 Å². The highest BCUT2D eigenvalue weighted by Gasteiger charge is 2.24. The Hall–Kier alpha value is -3.36. The number of anilines is 2. The summed E-state index contributed by atoms with van der Waals surface area (Å²) in [6.07, 6.45) is 7.44. The second kappa shape index (κ2) is 9.63. The van der Waals surface area contributed by atoms with Crippen molar-refractivity contribution in [2.75, 3.05) is 11.4 Å². The third-order valence-corrected chi connectivity index (χ3v) is 6.37. The summed E-state index contributed by atoms with van der Waals surface area (Å²) in [7, 11) is 0. The molecule has 0 saturated heterocycles. The number of rotatable bonds is 8. The summed E-state index contributed by atoms with van der Waals surface area (Å²) >= 11 is 1.32. The number of carbonyl (C=O) groups excluding carboxylic acids is 1. The third kappa shape index (κ3) is 4.55. The number of para-hydroxylation sites is 2. The summed E-state index contributed by atoms with van der Waals surface area (Å²) in [4.78, 5) is 14.7. The Morgan fingerprint density at radius 2 is 1.90 bits per heavy atom. The van der Waals surface area contributed by atoms with E-state index in [1.165, 1.54) is 30.6 Å². The molecular formula is C26H24N2O2S. The number of fused-ring (bicyclic) bond motifs is 2. The molecule has 3 aromatic rings. The summed E-state index contributed by atoms with van der Waals surface area (Å²) in [6, 6.07) is 20.0. The lowest BCUT2D eigenvalue weighted by molar-refractivity contribution is 0.112. The van der Waals surface area contributed by atoms with Gasteiger partial charge in [0.05, 0.1) is 21.8 Å². The standard InChI is InChI=1S/C26H24N2O2S/c1-2-3-4-7-14-28-22-8-5-6-9-24(22)30-25-16-19(10-12-23(25)28)15-20(17-27)26-13-11-21(18-29)31-26/h5-6,8-13,15-16,18H,2-4,7,14H2,1H3/b20-15+. The van der Waals surface area contributed by atoms with Crippen LogP contribution in [0.25, 0.3) is 11.6 Å². The Kier molecular flexibility index (Phi) is 6.49. The fourth-order valence-corrected chi connectivity index (χ4v) is 4.55. The minimum absolute atomic E-state index is 0.533. The van der Waals surface area contributed by atoms with Crippen LogP contribution in [0.4, 0.5) is 11.4 Å². The predicted molar refractivity (Wildman–Crippen MR) is 127 cm³/mol. The molecule has 4 rings (SSSR count). The van der Waals surface area contributed by atoms with Crippen molar-refractivity contribution in [3.8, 4) is 17.6 Å². The smallest absolute Gasteiger partial charge is 0.160 e. The molecule has 0 spiro atoms. The van der Waals surface area contributed by atoms with Crippen LogP contribution in [-0.2, 0) is 0 Å². The van der Waals surface area contributed by atoms with Gasteiger partial charge in [-0.05, 0) is 54.5 Å². The molecule has 2 aromatic carbocycles. The van der Waals surface area contributed by atoms with Crippen molar-refractivity contribution < 1.29 is 9.53 Å². The molecule has 156 valence electrons. The molecule has 1 aliphatic heterocycles. The fraction of sp³-hybridized carbons (Fsp3) is 0.231. The van der Waals surface area contributed by atoms with Crippen LogP contribution in [0.15, 0.2) is 54.6 Å². The topological polar surface area (TPSA) is 53.3 Å². The largest absolute Gasteiger partial charge is 0.453 e. The monoisotopic (exact) mass is 428 g/mol. The number of ether oxygens (including phenoxy) is 1. The number of thiophene rings is 1. The molecule has 0 atom stereocenters. The molecule has 1 aliphatic rings. The molecular weight excluding hydrogens is 404 g/mol. The lowest BCUT2D eigenvalue weighted by atomic mass is 10.1. The summed E-state index contributed by atoms with van der Waals surface area (Å²) in [5.41, 5.74) is 3.56. The van der Waals surface area contributed by atoms with Gasteiger partial charge in [-0.2, -0.15) is 5.26 Å². The van der Waals surface area contributed by atoms with Gasteiger partial charge in [-0.1, -0.05) is 44.4 Å². The zero-order valence-corrected chi connectivity index (χ0v) is 18.3. The lowest BCUT2D eigenvalue weighted by Gasteiger charge is -2.33. The van der Waals surface area contributed by atoms with E-state index in [-0.39, 0.29) is 0 Å². The van der Waals surface area contributed by atoms with Crippen LogP contribution in [0.3, 0.4) is 0 Å². The summed E-state index contributed by atoms with van der Waals surface area (Å²) in [5.74, 6) is 1.64. The number of carbonyl (C=O) groups is 1. The number of hydrogen-bond acceptors (Lipinski definition) is 5. The highest BCUT2D eigenvalue weighted by atomic mass is 32.1. The predicted octanol–water partition coefficient (Wildman–Crippen LogP) is 7.45. The van der Waals surface area contributed by atoms with Gasteiger partial charge in [-0.3, -0.25) is 4.79 Å². The van der Waals surface area contributed by atoms with E-state index in [1.807, 2.05) is 42.5 Å². The zero-order chi connectivity index (χ0) is 21.6. The second-order valence-electron chi connectivity index (χ2n) is 7.50. The molecule has 31 heavy (non-hydrogen) atoms. The van der Waals surface area contributed by atoms with Crippen LogP contribution in [0.5, 0.6) is 11.5 Å². The number of hydrogen-bond donors (Lipinski definition) is 0. The van der Waals surface area contributed by atoms with Crippen molar-refractivity contribution in [2.45, 2.75) is 32.6 Å². The number of unbranched alkanes of at least 4 members (excludes halogenated alkanes) is 3. The molecule has 0 bridgehead atoms. The van der Waals surface area contributed by atoms with Crippen molar-refractivity contribution in [3.63, 3.8) is 0 Å². The number of benzene rings is 2. The van der Waals surface area contributed by atoms with Gasteiger partial charge in [0.2, 0.25) is 0 Å². The van der Waals surface area contributed by atoms with E-state index in [4.69, 9.17) is 4.74 Å². The second-order valence-corrected chi connectivity index (χ2v) is 8.61. The quantitative estimate of drug-likeness (QED) is 0.212. The molecule has 0 fully saturated rings. The average Bonchev–Trinajstić information content (AvgIpc) is 3.28. The maximum absolute atomic E-state index is 11.0. The molecule has 1 aromatic heterocycles. The van der Waals surface area contributed by atoms with E-state index in [9.17, 15) is 10.1 Å². The first kappa shape index (κ1) is 20.9. The average molecular weight is 429 g/mol. The molecule has 0 unspecified atom stereocenters. The van der Waals surface area contributed by atoms with Gasteiger partial charge < -0.3 is 9.64 Å². The SMILES string of the molecule is CCCCCCN1c2ccccc2Oc2cc(/C=C(\C#N)c3ccc(C=O)s3)ccc21.